The maximum absolute atomic E-state index is 11.6. The molecule has 0 rings (SSSR count). The monoisotopic (exact) mass is 215 g/mol. The lowest BCUT2D eigenvalue weighted by Crippen LogP contribution is -2.38. The Morgan fingerprint density at radius 2 is 1.93 bits per heavy atom. The first kappa shape index (κ1) is 13.9. The van der Waals surface area contributed by atoms with Gasteiger partial charge in [0.25, 0.3) is 0 Å². The van der Waals surface area contributed by atoms with Crippen LogP contribution in [0, 0.1) is 0 Å². The highest BCUT2D eigenvalue weighted by atomic mass is 16.6. The third-order valence-corrected chi connectivity index (χ3v) is 1.66. The van der Waals surface area contributed by atoms with E-state index < -0.39 is 5.60 Å². The van der Waals surface area contributed by atoms with Crippen LogP contribution >= 0.6 is 0 Å². The Labute approximate surface area is 91.6 Å². The van der Waals surface area contributed by atoms with Gasteiger partial charge in [-0.1, -0.05) is 6.92 Å². The van der Waals surface area contributed by atoms with Gasteiger partial charge in [0, 0.05) is 19.5 Å². The van der Waals surface area contributed by atoms with Crippen LogP contribution in [0.25, 0.3) is 0 Å². The van der Waals surface area contributed by atoms with Gasteiger partial charge in [0.15, 0.2) is 0 Å². The second-order valence-electron chi connectivity index (χ2n) is 4.42. The molecule has 4 nitrogen and oxygen atoms in total. The van der Waals surface area contributed by atoms with Crippen molar-refractivity contribution >= 4 is 12.4 Å². The van der Waals surface area contributed by atoms with Crippen LogP contribution in [-0.4, -0.2) is 36.0 Å². The number of aldehydes is 1. The first-order valence-corrected chi connectivity index (χ1v) is 5.32. The van der Waals surface area contributed by atoms with Crippen LogP contribution in [0.4, 0.5) is 4.79 Å². The molecule has 0 aliphatic heterocycles. The highest BCUT2D eigenvalue weighted by molar-refractivity contribution is 5.68. The number of carbonyl (C=O) groups excluding carboxylic acids is 2. The quantitative estimate of drug-likeness (QED) is 0.661. The number of hydrogen-bond donors (Lipinski definition) is 0. The summed E-state index contributed by atoms with van der Waals surface area (Å²) in [7, 11) is 0. The lowest BCUT2D eigenvalue weighted by atomic mass is 10.2. The fourth-order valence-electron chi connectivity index (χ4n) is 1.10. The van der Waals surface area contributed by atoms with Crippen molar-refractivity contribution in [3.63, 3.8) is 0 Å². The standard InChI is InChI=1S/C11H21NO3/c1-5-7-12(8-6-9-13)10(14)15-11(2,3)4/h9H,5-8H2,1-4H3. The molecular weight excluding hydrogens is 194 g/mol. The Balaban J connectivity index is 4.21. The van der Waals surface area contributed by atoms with Crippen LogP contribution in [0.3, 0.4) is 0 Å². The molecule has 0 fully saturated rings. The minimum absolute atomic E-state index is 0.341. The van der Waals surface area contributed by atoms with Crippen molar-refractivity contribution < 1.29 is 14.3 Å². The molecule has 4 heteroatoms. The Bertz CT molecular complexity index is 208. The zero-order valence-corrected chi connectivity index (χ0v) is 10.1. The third kappa shape index (κ3) is 6.94. The van der Waals surface area contributed by atoms with Crippen LogP contribution in [0.15, 0.2) is 0 Å². The van der Waals surface area contributed by atoms with Crippen molar-refractivity contribution in [1.82, 2.24) is 4.90 Å². The van der Waals surface area contributed by atoms with E-state index in [-0.39, 0.29) is 6.09 Å². The fraction of sp³-hybridized carbons (Fsp3) is 0.818. The molecule has 0 aliphatic rings. The average Bonchev–Trinajstić information content (AvgIpc) is 2.09. The highest BCUT2D eigenvalue weighted by Crippen LogP contribution is 2.10. The molecular formula is C11H21NO3. The molecule has 15 heavy (non-hydrogen) atoms. The smallest absolute Gasteiger partial charge is 0.410 e. The summed E-state index contributed by atoms with van der Waals surface area (Å²) in [5, 5.41) is 0. The van der Waals surface area contributed by atoms with Crippen molar-refractivity contribution in [3.8, 4) is 0 Å². The van der Waals surface area contributed by atoms with Crippen LogP contribution in [-0.2, 0) is 9.53 Å². The summed E-state index contributed by atoms with van der Waals surface area (Å²) in [5.74, 6) is 0. The van der Waals surface area contributed by atoms with Gasteiger partial charge in [0.2, 0.25) is 0 Å². The first-order valence-electron chi connectivity index (χ1n) is 5.32. The number of hydrogen-bond acceptors (Lipinski definition) is 3. The summed E-state index contributed by atoms with van der Waals surface area (Å²) in [5.41, 5.74) is -0.482. The fourth-order valence-corrected chi connectivity index (χ4v) is 1.10. The molecule has 0 aromatic rings. The Kier molecular flexibility index (Phi) is 5.97. The minimum atomic E-state index is -0.482. The van der Waals surface area contributed by atoms with Crippen molar-refractivity contribution in [3.05, 3.63) is 0 Å². The van der Waals surface area contributed by atoms with Crippen LogP contribution in [0.1, 0.15) is 40.5 Å². The van der Waals surface area contributed by atoms with Gasteiger partial charge >= 0.3 is 6.09 Å². The largest absolute Gasteiger partial charge is 0.444 e. The SMILES string of the molecule is CCCN(CCC=O)C(=O)OC(C)(C)C. The predicted octanol–water partition coefficient (Wildman–Crippen LogP) is 2.22. The lowest BCUT2D eigenvalue weighted by molar-refractivity contribution is -0.108. The summed E-state index contributed by atoms with van der Waals surface area (Å²) >= 11 is 0. The third-order valence-electron chi connectivity index (χ3n) is 1.66. The molecule has 0 saturated carbocycles. The molecule has 0 unspecified atom stereocenters. The Hall–Kier alpha value is -1.06. The second kappa shape index (κ2) is 6.43. The lowest BCUT2D eigenvalue weighted by Gasteiger charge is -2.26. The zero-order chi connectivity index (χ0) is 11.9. The van der Waals surface area contributed by atoms with E-state index in [1.807, 2.05) is 27.7 Å². The summed E-state index contributed by atoms with van der Waals surface area (Å²) in [6.45, 7) is 8.53. The molecule has 1 amide bonds. The zero-order valence-electron chi connectivity index (χ0n) is 10.1. The van der Waals surface area contributed by atoms with E-state index in [1.165, 1.54) is 0 Å². The summed E-state index contributed by atoms with van der Waals surface area (Å²) in [6.07, 6.45) is 1.69. The molecule has 0 radical (unpaired) electrons. The first-order chi connectivity index (χ1) is 6.90. The number of ether oxygens (including phenoxy) is 1. The van der Waals surface area contributed by atoms with E-state index >= 15 is 0 Å². The topological polar surface area (TPSA) is 46.6 Å². The summed E-state index contributed by atoms with van der Waals surface area (Å²) in [6, 6.07) is 0. The predicted molar refractivity (Wildman–Crippen MR) is 58.8 cm³/mol. The molecule has 0 heterocycles. The van der Waals surface area contributed by atoms with Gasteiger partial charge in [-0.05, 0) is 27.2 Å². The molecule has 0 N–H and O–H groups in total. The molecule has 88 valence electrons. The second-order valence-corrected chi connectivity index (χ2v) is 4.42. The van der Waals surface area contributed by atoms with E-state index in [1.54, 1.807) is 4.90 Å². The molecule has 0 aliphatic carbocycles. The Morgan fingerprint density at radius 1 is 1.33 bits per heavy atom. The van der Waals surface area contributed by atoms with Gasteiger partial charge in [-0.3, -0.25) is 0 Å². The molecule has 0 spiro atoms. The summed E-state index contributed by atoms with van der Waals surface area (Å²) < 4.78 is 5.22. The number of carbonyl (C=O) groups is 2. The molecule has 0 saturated heterocycles. The maximum Gasteiger partial charge on any atom is 0.410 e. The average molecular weight is 215 g/mol. The van der Waals surface area contributed by atoms with Crippen molar-refractivity contribution in [1.29, 1.82) is 0 Å². The van der Waals surface area contributed by atoms with Gasteiger partial charge in [0.1, 0.15) is 11.9 Å². The number of amides is 1. The van der Waals surface area contributed by atoms with Crippen LogP contribution < -0.4 is 0 Å². The van der Waals surface area contributed by atoms with E-state index in [0.717, 1.165) is 12.7 Å². The molecule has 0 bridgehead atoms. The van der Waals surface area contributed by atoms with E-state index in [4.69, 9.17) is 4.74 Å². The van der Waals surface area contributed by atoms with E-state index in [0.29, 0.717) is 19.5 Å². The maximum atomic E-state index is 11.6. The number of rotatable bonds is 5. The minimum Gasteiger partial charge on any atom is -0.444 e. The van der Waals surface area contributed by atoms with Gasteiger partial charge < -0.3 is 14.4 Å². The number of nitrogens with zero attached hydrogens (tertiary/aromatic N) is 1. The van der Waals surface area contributed by atoms with Gasteiger partial charge in [0.05, 0.1) is 0 Å². The Morgan fingerprint density at radius 3 is 2.33 bits per heavy atom. The van der Waals surface area contributed by atoms with Gasteiger partial charge in [-0.15, -0.1) is 0 Å². The molecule has 0 aromatic carbocycles. The molecule has 0 atom stereocenters. The van der Waals surface area contributed by atoms with Crippen molar-refractivity contribution in [2.45, 2.75) is 46.1 Å². The van der Waals surface area contributed by atoms with Crippen molar-refractivity contribution in [2.24, 2.45) is 0 Å². The van der Waals surface area contributed by atoms with Crippen molar-refractivity contribution in [2.75, 3.05) is 13.1 Å². The van der Waals surface area contributed by atoms with E-state index in [2.05, 4.69) is 0 Å². The van der Waals surface area contributed by atoms with E-state index in [9.17, 15) is 9.59 Å². The summed E-state index contributed by atoms with van der Waals surface area (Å²) in [4.78, 5) is 23.5. The molecule has 0 aromatic heterocycles. The van der Waals surface area contributed by atoms with Crippen LogP contribution in [0.2, 0.25) is 0 Å². The normalized spacial score (nSPS) is 10.9. The van der Waals surface area contributed by atoms with Crippen LogP contribution in [0.5, 0.6) is 0 Å². The highest BCUT2D eigenvalue weighted by Gasteiger charge is 2.20. The van der Waals surface area contributed by atoms with Gasteiger partial charge in [-0.2, -0.15) is 0 Å². The van der Waals surface area contributed by atoms with Gasteiger partial charge in [-0.25, -0.2) is 4.79 Å².